The Hall–Kier alpha value is -3.55. The average molecular weight is 358 g/mol. The van der Waals surface area contributed by atoms with Gasteiger partial charge in [-0.15, -0.1) is 6.58 Å². The molecule has 2 N–H and O–H groups in total. The number of carbonyl (C=O) groups excluding carboxylic acids is 1. The lowest BCUT2D eigenvalue weighted by Gasteiger charge is -2.14. The summed E-state index contributed by atoms with van der Waals surface area (Å²) in [6.45, 7) is 3.18. The van der Waals surface area contributed by atoms with Crippen LogP contribution in [0, 0.1) is 0 Å². The van der Waals surface area contributed by atoms with E-state index in [9.17, 15) is 9.59 Å². The number of nitrogens with zero attached hydrogens (tertiary/aromatic N) is 1. The Bertz CT molecular complexity index is 811. The summed E-state index contributed by atoms with van der Waals surface area (Å²) < 4.78 is 15.6. The summed E-state index contributed by atoms with van der Waals surface area (Å²) >= 11 is 0. The van der Waals surface area contributed by atoms with E-state index in [2.05, 4.69) is 17.1 Å². The molecule has 0 saturated carbocycles. The minimum atomic E-state index is -1.09. The number of rotatable bonds is 9. The molecule has 0 radical (unpaired) electrons. The molecular formula is C18H18N2O6. The minimum Gasteiger partial charge on any atom is -0.493 e. The Morgan fingerprint density at radius 2 is 2.23 bits per heavy atom. The lowest BCUT2D eigenvalue weighted by Crippen LogP contribution is -2.16. The Labute approximate surface area is 149 Å². The summed E-state index contributed by atoms with van der Waals surface area (Å²) in [5.74, 6) is -0.755. The molecule has 26 heavy (non-hydrogen) atoms. The van der Waals surface area contributed by atoms with Crippen molar-refractivity contribution in [3.05, 3.63) is 60.1 Å². The van der Waals surface area contributed by atoms with E-state index in [-0.39, 0.29) is 5.76 Å². The monoisotopic (exact) mass is 358 g/mol. The Kier molecular flexibility index (Phi) is 6.55. The highest BCUT2D eigenvalue weighted by Gasteiger charge is 2.14. The van der Waals surface area contributed by atoms with Crippen LogP contribution >= 0.6 is 0 Å². The number of carboxylic acids is 1. The maximum atomic E-state index is 11.8. The SMILES string of the molecule is C=CCc1cc(/C=N/NC(=O)c2ccco2)cc(OC)c1OCC(=O)O. The number of hydrazone groups is 1. The fourth-order valence-electron chi connectivity index (χ4n) is 2.14. The van der Waals surface area contributed by atoms with E-state index in [1.165, 1.54) is 25.7 Å². The van der Waals surface area contributed by atoms with Crippen LogP contribution in [0.15, 0.2) is 52.7 Å². The quantitative estimate of drug-likeness (QED) is 0.404. The molecule has 0 unspecified atom stereocenters. The summed E-state index contributed by atoms with van der Waals surface area (Å²) in [6, 6.07) is 6.47. The first kappa shape index (κ1) is 18.8. The molecule has 0 fully saturated rings. The first-order valence-electron chi connectivity index (χ1n) is 7.58. The summed E-state index contributed by atoms with van der Waals surface area (Å²) in [4.78, 5) is 22.5. The molecule has 8 nitrogen and oxygen atoms in total. The zero-order chi connectivity index (χ0) is 18.9. The normalized spacial score (nSPS) is 10.5. The second-order valence-corrected chi connectivity index (χ2v) is 5.06. The van der Waals surface area contributed by atoms with Crippen LogP contribution in [0.5, 0.6) is 11.5 Å². The molecule has 0 aliphatic rings. The van der Waals surface area contributed by atoms with Crippen LogP contribution in [0.1, 0.15) is 21.7 Å². The van der Waals surface area contributed by atoms with E-state index in [1.54, 1.807) is 24.3 Å². The van der Waals surface area contributed by atoms with Gasteiger partial charge in [0.2, 0.25) is 0 Å². The van der Waals surface area contributed by atoms with Gasteiger partial charge in [-0.2, -0.15) is 5.10 Å². The topological polar surface area (TPSA) is 110 Å². The molecule has 1 heterocycles. The van der Waals surface area contributed by atoms with Gasteiger partial charge < -0.3 is 19.0 Å². The molecule has 0 spiro atoms. The smallest absolute Gasteiger partial charge is 0.341 e. The van der Waals surface area contributed by atoms with Crippen LogP contribution in [0.3, 0.4) is 0 Å². The first-order chi connectivity index (χ1) is 12.5. The number of carboxylic acid groups (broad SMARTS) is 1. The average Bonchev–Trinajstić information content (AvgIpc) is 3.15. The van der Waals surface area contributed by atoms with Gasteiger partial charge in [-0.25, -0.2) is 10.2 Å². The van der Waals surface area contributed by atoms with Crippen LogP contribution in [0.4, 0.5) is 0 Å². The predicted octanol–water partition coefficient (Wildman–Crippen LogP) is 2.24. The van der Waals surface area contributed by atoms with Crippen LogP contribution < -0.4 is 14.9 Å². The fourth-order valence-corrected chi connectivity index (χ4v) is 2.14. The number of ether oxygens (including phenoxy) is 2. The molecule has 2 rings (SSSR count). The highest BCUT2D eigenvalue weighted by Crippen LogP contribution is 2.33. The number of aliphatic carboxylic acids is 1. The van der Waals surface area contributed by atoms with Crippen molar-refractivity contribution < 1.29 is 28.6 Å². The van der Waals surface area contributed by atoms with Crippen molar-refractivity contribution in [3.8, 4) is 11.5 Å². The van der Waals surface area contributed by atoms with Crippen molar-refractivity contribution in [1.29, 1.82) is 0 Å². The third kappa shape index (κ3) is 4.97. The predicted molar refractivity (Wildman–Crippen MR) is 93.8 cm³/mol. The van der Waals surface area contributed by atoms with Crippen LogP contribution in [0.25, 0.3) is 0 Å². The van der Waals surface area contributed by atoms with E-state index >= 15 is 0 Å². The maximum absolute atomic E-state index is 11.8. The lowest BCUT2D eigenvalue weighted by atomic mass is 10.1. The van der Waals surface area contributed by atoms with E-state index in [0.29, 0.717) is 29.0 Å². The highest BCUT2D eigenvalue weighted by molar-refractivity contribution is 5.92. The van der Waals surface area contributed by atoms with Crippen molar-refractivity contribution in [1.82, 2.24) is 5.43 Å². The van der Waals surface area contributed by atoms with Gasteiger partial charge in [-0.1, -0.05) is 6.08 Å². The Morgan fingerprint density at radius 1 is 1.42 bits per heavy atom. The minimum absolute atomic E-state index is 0.143. The van der Waals surface area contributed by atoms with Gasteiger partial charge in [-0.3, -0.25) is 4.79 Å². The first-order valence-corrected chi connectivity index (χ1v) is 7.58. The number of amides is 1. The van der Waals surface area contributed by atoms with Gasteiger partial charge in [0.1, 0.15) is 0 Å². The van der Waals surface area contributed by atoms with Crippen LogP contribution in [0.2, 0.25) is 0 Å². The van der Waals surface area contributed by atoms with Crippen LogP contribution in [-0.4, -0.2) is 36.9 Å². The van der Waals surface area contributed by atoms with Gasteiger partial charge >= 0.3 is 11.9 Å². The number of methoxy groups -OCH3 is 1. The molecule has 2 aromatic rings. The van der Waals surface area contributed by atoms with E-state index in [4.69, 9.17) is 19.0 Å². The standard InChI is InChI=1S/C18H18N2O6/c1-3-5-13-8-12(9-15(24-2)17(13)26-11-16(21)22)10-19-20-18(23)14-6-4-7-25-14/h3-4,6-10H,1,5,11H2,2H3,(H,20,23)(H,21,22)/b19-10+. The Morgan fingerprint density at radius 3 is 2.85 bits per heavy atom. The number of furan rings is 1. The van der Waals surface area contributed by atoms with E-state index in [0.717, 1.165) is 0 Å². The van der Waals surface area contributed by atoms with Crippen molar-refractivity contribution in [2.75, 3.05) is 13.7 Å². The van der Waals surface area contributed by atoms with Crippen molar-refractivity contribution in [3.63, 3.8) is 0 Å². The van der Waals surface area contributed by atoms with Gasteiger partial charge in [0.15, 0.2) is 23.9 Å². The van der Waals surface area contributed by atoms with Crippen molar-refractivity contribution >= 4 is 18.1 Å². The molecule has 0 aliphatic heterocycles. The molecule has 8 heteroatoms. The zero-order valence-corrected chi connectivity index (χ0v) is 14.1. The molecular weight excluding hydrogens is 340 g/mol. The van der Waals surface area contributed by atoms with Crippen molar-refractivity contribution in [2.24, 2.45) is 5.10 Å². The maximum Gasteiger partial charge on any atom is 0.341 e. The summed E-state index contributed by atoms with van der Waals surface area (Å²) in [5.41, 5.74) is 3.65. The fraction of sp³-hybridized carbons (Fsp3) is 0.167. The Balaban J connectivity index is 2.21. The number of allylic oxidation sites excluding steroid dienone is 1. The number of benzene rings is 1. The number of nitrogens with one attached hydrogen (secondary N) is 1. The molecule has 0 saturated heterocycles. The number of hydrogen-bond acceptors (Lipinski definition) is 6. The molecule has 0 atom stereocenters. The third-order valence-corrected chi connectivity index (χ3v) is 3.20. The van der Waals surface area contributed by atoms with Gasteiger partial charge in [-0.05, 0) is 36.2 Å². The molecule has 0 aliphatic carbocycles. The molecule has 0 bridgehead atoms. The second-order valence-electron chi connectivity index (χ2n) is 5.06. The molecule has 1 aromatic heterocycles. The third-order valence-electron chi connectivity index (χ3n) is 3.20. The summed E-state index contributed by atoms with van der Waals surface area (Å²) in [6.07, 6.45) is 4.91. The van der Waals surface area contributed by atoms with Gasteiger partial charge in [0.25, 0.3) is 0 Å². The number of hydrogen-bond donors (Lipinski definition) is 2. The van der Waals surface area contributed by atoms with Crippen molar-refractivity contribution in [2.45, 2.75) is 6.42 Å². The molecule has 1 amide bonds. The summed E-state index contributed by atoms with van der Waals surface area (Å²) in [7, 11) is 1.44. The lowest BCUT2D eigenvalue weighted by molar-refractivity contribution is -0.139. The van der Waals surface area contributed by atoms with Gasteiger partial charge in [0, 0.05) is 5.56 Å². The van der Waals surface area contributed by atoms with E-state index in [1.807, 2.05) is 0 Å². The highest BCUT2D eigenvalue weighted by atomic mass is 16.5. The molecule has 136 valence electrons. The largest absolute Gasteiger partial charge is 0.493 e. The van der Waals surface area contributed by atoms with E-state index < -0.39 is 18.5 Å². The second kappa shape index (κ2) is 9.07. The summed E-state index contributed by atoms with van der Waals surface area (Å²) in [5, 5.41) is 12.7. The molecule has 1 aromatic carbocycles. The van der Waals surface area contributed by atoms with Gasteiger partial charge in [0.05, 0.1) is 19.6 Å². The van der Waals surface area contributed by atoms with Crippen LogP contribution in [-0.2, 0) is 11.2 Å². The zero-order valence-electron chi connectivity index (χ0n) is 14.1. The number of carbonyl (C=O) groups is 2.